The van der Waals surface area contributed by atoms with Gasteiger partial charge in [-0.1, -0.05) is 36.4 Å². The van der Waals surface area contributed by atoms with Gasteiger partial charge in [0.2, 0.25) is 0 Å². The first-order valence-electron chi connectivity index (χ1n) is 9.63. The van der Waals surface area contributed by atoms with Gasteiger partial charge < -0.3 is 9.76 Å². The van der Waals surface area contributed by atoms with Crippen molar-refractivity contribution in [3.05, 3.63) is 70.4 Å². The molecule has 2 aliphatic heterocycles. The summed E-state index contributed by atoms with van der Waals surface area (Å²) < 4.78 is 15.8. The zero-order chi connectivity index (χ0) is 18.4. The van der Waals surface area contributed by atoms with E-state index in [0.717, 1.165) is 44.3 Å². The van der Waals surface area contributed by atoms with Gasteiger partial charge in [-0.3, -0.25) is 4.90 Å². The Bertz CT molecular complexity index is 856. The van der Waals surface area contributed by atoms with E-state index in [1.807, 2.05) is 24.3 Å². The fourth-order valence-electron chi connectivity index (χ4n) is 4.85. The molecule has 1 saturated heterocycles. The van der Waals surface area contributed by atoms with E-state index in [1.54, 1.807) is 6.21 Å². The molecular formula is C21H23N3O2S. The monoisotopic (exact) mass is 381 g/mol. The normalized spacial score (nSPS) is 28.9. The minimum absolute atomic E-state index is 0.204. The molecular weight excluding hydrogens is 358 g/mol. The van der Waals surface area contributed by atoms with Gasteiger partial charge in [0.25, 0.3) is 0 Å². The molecule has 1 aliphatic carbocycles. The van der Waals surface area contributed by atoms with Gasteiger partial charge in [0.15, 0.2) is 5.69 Å². The molecule has 0 aromatic heterocycles. The summed E-state index contributed by atoms with van der Waals surface area (Å²) >= 11 is -1.82. The van der Waals surface area contributed by atoms with Crippen LogP contribution in [-0.4, -0.2) is 40.8 Å². The second kappa shape index (κ2) is 6.72. The Hall–Kier alpha value is -1.70. The van der Waals surface area contributed by atoms with Crippen LogP contribution in [0.3, 0.4) is 0 Å². The van der Waals surface area contributed by atoms with Gasteiger partial charge in [0.05, 0.1) is 11.8 Å². The first-order chi connectivity index (χ1) is 13.2. The summed E-state index contributed by atoms with van der Waals surface area (Å²) in [5.74, 6) is 0. The highest BCUT2D eigenvalue weighted by molar-refractivity contribution is 7.90. The van der Waals surface area contributed by atoms with Gasteiger partial charge in [-0.15, -0.1) is 4.05 Å². The Morgan fingerprint density at radius 3 is 2.30 bits per heavy atom. The van der Waals surface area contributed by atoms with Crippen molar-refractivity contribution in [2.45, 2.75) is 37.8 Å². The van der Waals surface area contributed by atoms with Gasteiger partial charge in [-0.25, -0.2) is 0 Å². The van der Waals surface area contributed by atoms with Crippen LogP contribution in [0.4, 0.5) is 5.69 Å². The Kier molecular flexibility index (Phi) is 4.33. The van der Waals surface area contributed by atoms with E-state index in [4.69, 9.17) is 0 Å². The predicted molar refractivity (Wildman–Crippen MR) is 110 cm³/mol. The van der Waals surface area contributed by atoms with Crippen molar-refractivity contribution in [2.24, 2.45) is 4.40 Å². The van der Waals surface area contributed by atoms with E-state index < -0.39 is 15.6 Å². The first-order valence-corrected chi connectivity index (χ1v) is 10.7. The minimum atomic E-state index is -1.82. The number of hydroxylamine groups is 1. The number of para-hydroxylation sites is 1. The van der Waals surface area contributed by atoms with Crippen molar-refractivity contribution in [3.8, 4) is 0 Å². The molecule has 0 N–H and O–H groups in total. The van der Waals surface area contributed by atoms with Crippen LogP contribution in [0.2, 0.25) is 0 Å². The van der Waals surface area contributed by atoms with E-state index in [1.165, 1.54) is 11.1 Å². The Morgan fingerprint density at radius 1 is 0.963 bits per heavy atom. The van der Waals surface area contributed by atoms with Gasteiger partial charge in [-0.05, 0) is 34.4 Å². The molecule has 2 unspecified atom stereocenters. The fraction of sp³-hybridized carbons (Fsp3) is 0.381. The lowest BCUT2D eigenvalue weighted by atomic mass is 10.0. The second-order valence-electron chi connectivity index (χ2n) is 7.72. The van der Waals surface area contributed by atoms with Crippen LogP contribution in [0.5, 0.6) is 0 Å². The summed E-state index contributed by atoms with van der Waals surface area (Å²) in [6.45, 7) is 1.77. The van der Waals surface area contributed by atoms with Crippen molar-refractivity contribution in [1.29, 1.82) is 0 Å². The maximum atomic E-state index is 13.7. The number of hydrogen-bond donors (Lipinski definition) is 0. The number of hydrogen-bond acceptors (Lipinski definition) is 4. The summed E-state index contributed by atoms with van der Waals surface area (Å²) in [5, 5.41) is 13.7. The Balaban J connectivity index is 1.32. The van der Waals surface area contributed by atoms with Crippen molar-refractivity contribution in [3.63, 3.8) is 0 Å². The maximum Gasteiger partial charge on any atom is 0.310 e. The fourth-order valence-corrected chi connectivity index (χ4v) is 5.99. The third kappa shape index (κ3) is 2.83. The standard InChI is InChI=1S/C21H23N3O2S/c25-24(21-8-4-3-7-18(21)15-22-27(24)26)20-9-11-23(12-10-20)19-13-16-5-1-2-6-17(16)14-19/h1-8,15,19-20H,9-14H2. The number of rotatable bonds is 2. The molecule has 2 atom stereocenters. The highest BCUT2D eigenvalue weighted by atomic mass is 32.2. The third-order valence-corrected chi connectivity index (χ3v) is 7.56. The molecule has 1 fully saturated rings. The number of nitrogens with zero attached hydrogens (tertiary/aromatic N) is 3. The van der Waals surface area contributed by atoms with Crippen LogP contribution in [-0.2, 0) is 24.4 Å². The summed E-state index contributed by atoms with van der Waals surface area (Å²) in [7, 11) is 0. The van der Waals surface area contributed by atoms with Gasteiger partial charge in [0.1, 0.15) is 6.04 Å². The number of quaternary nitrogens is 1. The second-order valence-corrected chi connectivity index (χ2v) is 8.93. The summed E-state index contributed by atoms with van der Waals surface area (Å²) in [6, 6.07) is 16.4. The topological polar surface area (TPSA) is 61.7 Å². The van der Waals surface area contributed by atoms with E-state index in [2.05, 4.69) is 33.6 Å². The molecule has 3 aliphatic rings. The average Bonchev–Trinajstić information content (AvgIpc) is 3.15. The van der Waals surface area contributed by atoms with Gasteiger partial charge >= 0.3 is 11.5 Å². The molecule has 5 rings (SSSR count). The van der Waals surface area contributed by atoms with Crippen LogP contribution in [0.1, 0.15) is 29.5 Å². The SMILES string of the molecule is [O-][S+]1N=Cc2ccccc2[N+]1([O-])C1CCN(C2Cc3ccccc3C2)CC1. The summed E-state index contributed by atoms with van der Waals surface area (Å²) in [4.78, 5) is 2.52. The number of piperidine rings is 1. The molecule has 5 nitrogen and oxygen atoms in total. The third-order valence-electron chi connectivity index (χ3n) is 6.31. The van der Waals surface area contributed by atoms with Gasteiger partial charge in [0, 0.05) is 38.0 Å². The molecule has 2 heterocycles. The molecule has 27 heavy (non-hydrogen) atoms. The lowest BCUT2D eigenvalue weighted by molar-refractivity contribution is 0.133. The molecule has 0 radical (unpaired) electrons. The number of likely N-dealkylation sites (tertiary alicyclic amines) is 1. The lowest BCUT2D eigenvalue weighted by Gasteiger charge is -2.47. The van der Waals surface area contributed by atoms with Crippen LogP contribution in [0.25, 0.3) is 0 Å². The van der Waals surface area contributed by atoms with Crippen molar-refractivity contribution in [1.82, 2.24) is 8.95 Å². The van der Waals surface area contributed by atoms with Crippen LogP contribution < -0.4 is 4.05 Å². The van der Waals surface area contributed by atoms with Crippen LogP contribution in [0, 0.1) is 5.21 Å². The van der Waals surface area contributed by atoms with E-state index in [0.29, 0.717) is 11.7 Å². The van der Waals surface area contributed by atoms with Crippen molar-refractivity contribution >= 4 is 23.4 Å². The average molecular weight is 382 g/mol. The lowest BCUT2D eigenvalue weighted by Crippen LogP contribution is -2.60. The van der Waals surface area contributed by atoms with Crippen LogP contribution >= 0.6 is 0 Å². The minimum Gasteiger partial charge on any atom is -0.579 e. The van der Waals surface area contributed by atoms with Crippen molar-refractivity contribution < 1.29 is 4.55 Å². The van der Waals surface area contributed by atoms with E-state index in [9.17, 15) is 9.76 Å². The molecule has 0 saturated carbocycles. The van der Waals surface area contributed by atoms with E-state index >= 15 is 0 Å². The summed E-state index contributed by atoms with van der Waals surface area (Å²) in [5.41, 5.74) is 4.30. The molecule has 0 bridgehead atoms. The molecule has 2 aromatic rings. The first kappa shape index (κ1) is 17.4. The Labute approximate surface area is 162 Å². The Morgan fingerprint density at radius 2 is 1.59 bits per heavy atom. The quantitative estimate of drug-likeness (QED) is 0.456. The largest absolute Gasteiger partial charge is 0.579 e. The highest BCUT2D eigenvalue weighted by Crippen LogP contribution is 2.40. The smallest absolute Gasteiger partial charge is 0.310 e. The molecule has 6 heteroatoms. The zero-order valence-electron chi connectivity index (χ0n) is 15.2. The number of benzene rings is 2. The number of fused-ring (bicyclic) bond motifs is 2. The van der Waals surface area contributed by atoms with Crippen molar-refractivity contribution in [2.75, 3.05) is 13.1 Å². The molecule has 0 spiro atoms. The van der Waals surface area contributed by atoms with Crippen LogP contribution in [0.15, 0.2) is 52.9 Å². The summed E-state index contributed by atoms with van der Waals surface area (Å²) in [6.07, 6.45) is 5.27. The highest BCUT2D eigenvalue weighted by Gasteiger charge is 2.49. The molecule has 140 valence electrons. The molecule has 2 aromatic carbocycles. The molecule has 0 amide bonds. The predicted octanol–water partition coefficient (Wildman–Crippen LogP) is 3.13. The maximum absolute atomic E-state index is 13.7. The zero-order valence-corrected chi connectivity index (χ0v) is 16.0. The van der Waals surface area contributed by atoms with Gasteiger partial charge in [-0.2, -0.15) is 0 Å². The van der Waals surface area contributed by atoms with E-state index in [-0.39, 0.29) is 6.04 Å².